The third kappa shape index (κ3) is 8.38. The van der Waals surface area contributed by atoms with Crippen molar-refractivity contribution < 1.29 is 18.0 Å². The normalized spacial score (nSPS) is 12.0. The van der Waals surface area contributed by atoms with Gasteiger partial charge < -0.3 is 10.2 Å². The number of benzene rings is 4. The zero-order valence-electron chi connectivity index (χ0n) is 25.1. The molecule has 236 valence electrons. The molecule has 4 aromatic carbocycles. The lowest BCUT2D eigenvalue weighted by Crippen LogP contribution is -2.53. The predicted octanol–water partition coefficient (Wildman–Crippen LogP) is 7.24. The fourth-order valence-corrected chi connectivity index (χ4v) is 7.01. The third-order valence-electron chi connectivity index (χ3n) is 7.37. The number of carbonyl (C=O) groups is 2. The van der Waals surface area contributed by atoms with Crippen molar-refractivity contribution in [1.29, 1.82) is 0 Å². The first-order valence-electron chi connectivity index (χ1n) is 14.3. The quantitative estimate of drug-likeness (QED) is 0.170. The number of sulfonamides is 1. The minimum atomic E-state index is -4.26. The van der Waals surface area contributed by atoms with Gasteiger partial charge in [-0.2, -0.15) is 0 Å². The Labute approximate surface area is 279 Å². The molecule has 0 aliphatic carbocycles. The van der Waals surface area contributed by atoms with E-state index in [0.29, 0.717) is 32.7 Å². The molecule has 0 aliphatic rings. The summed E-state index contributed by atoms with van der Waals surface area (Å²) in [7, 11) is -4.26. The average Bonchev–Trinajstić information content (AvgIpc) is 3.01. The van der Waals surface area contributed by atoms with Crippen LogP contribution in [0.2, 0.25) is 15.1 Å². The van der Waals surface area contributed by atoms with Crippen LogP contribution in [0.25, 0.3) is 0 Å². The van der Waals surface area contributed by atoms with E-state index in [2.05, 4.69) is 5.32 Å². The Bertz CT molecular complexity index is 1770. The third-order valence-corrected chi connectivity index (χ3v) is 10.1. The first-order chi connectivity index (χ1) is 21.4. The molecule has 1 N–H and O–H groups in total. The van der Waals surface area contributed by atoms with E-state index in [9.17, 15) is 18.0 Å². The van der Waals surface area contributed by atoms with Crippen LogP contribution in [-0.4, -0.2) is 44.3 Å². The second kappa shape index (κ2) is 15.1. The number of anilines is 1. The second-order valence-electron chi connectivity index (χ2n) is 10.6. The summed E-state index contributed by atoms with van der Waals surface area (Å²) in [6.07, 6.45) is 0.185. The molecule has 7 nitrogen and oxygen atoms in total. The number of nitrogens with zero attached hydrogens (tertiary/aromatic N) is 2. The number of likely N-dealkylation sites (N-methyl/N-ethyl adjacent to an activating group) is 1. The van der Waals surface area contributed by atoms with Gasteiger partial charge in [-0.25, -0.2) is 8.42 Å². The molecular formula is C34H34Cl3N3O4S. The van der Waals surface area contributed by atoms with Crippen LogP contribution in [0.15, 0.2) is 95.9 Å². The molecule has 0 bridgehead atoms. The van der Waals surface area contributed by atoms with Crippen molar-refractivity contribution in [3.05, 3.63) is 128 Å². The molecule has 0 heterocycles. The van der Waals surface area contributed by atoms with Crippen molar-refractivity contribution in [2.24, 2.45) is 0 Å². The lowest BCUT2D eigenvalue weighted by atomic mass is 10.0. The van der Waals surface area contributed by atoms with Crippen molar-refractivity contribution in [2.45, 2.75) is 44.7 Å². The molecule has 45 heavy (non-hydrogen) atoms. The molecule has 0 saturated carbocycles. The Kier molecular flexibility index (Phi) is 11.6. The number of carbonyl (C=O) groups excluding carboxylic acids is 2. The molecule has 0 unspecified atom stereocenters. The van der Waals surface area contributed by atoms with E-state index in [4.69, 9.17) is 34.8 Å². The zero-order valence-corrected chi connectivity index (χ0v) is 28.2. The number of hydrogen-bond acceptors (Lipinski definition) is 4. The summed E-state index contributed by atoms with van der Waals surface area (Å²) in [4.78, 5) is 29.5. The van der Waals surface area contributed by atoms with E-state index >= 15 is 0 Å². The van der Waals surface area contributed by atoms with Crippen LogP contribution in [0.5, 0.6) is 0 Å². The van der Waals surface area contributed by atoms with Crippen LogP contribution in [-0.2, 0) is 32.6 Å². The summed E-state index contributed by atoms with van der Waals surface area (Å²) in [6, 6.07) is 24.5. The molecule has 0 radical (unpaired) electrons. The van der Waals surface area contributed by atoms with E-state index in [1.54, 1.807) is 62.4 Å². The Morgan fingerprint density at radius 1 is 0.844 bits per heavy atom. The maximum absolute atomic E-state index is 14.5. The van der Waals surface area contributed by atoms with Gasteiger partial charge in [-0.15, -0.1) is 0 Å². The van der Waals surface area contributed by atoms with Crippen molar-refractivity contribution >= 4 is 62.3 Å². The van der Waals surface area contributed by atoms with Gasteiger partial charge in [-0.3, -0.25) is 13.9 Å². The van der Waals surface area contributed by atoms with Crippen molar-refractivity contribution in [3.63, 3.8) is 0 Å². The van der Waals surface area contributed by atoms with Gasteiger partial charge in [-0.1, -0.05) is 95.0 Å². The maximum Gasteiger partial charge on any atom is 0.264 e. The topological polar surface area (TPSA) is 86.8 Å². The minimum Gasteiger partial charge on any atom is -0.355 e. The van der Waals surface area contributed by atoms with E-state index in [0.717, 1.165) is 15.4 Å². The van der Waals surface area contributed by atoms with Crippen LogP contribution >= 0.6 is 34.8 Å². The van der Waals surface area contributed by atoms with Crippen molar-refractivity contribution in [2.75, 3.05) is 17.4 Å². The number of halogens is 3. The summed E-state index contributed by atoms with van der Waals surface area (Å²) in [5, 5.41) is 3.91. The minimum absolute atomic E-state index is 0.0112. The van der Waals surface area contributed by atoms with Crippen LogP contribution in [0.3, 0.4) is 0 Å². The zero-order chi connectivity index (χ0) is 32.7. The number of aryl methyl sites for hydroxylation is 1. The van der Waals surface area contributed by atoms with Crippen LogP contribution in [0.4, 0.5) is 5.69 Å². The molecule has 0 aliphatic heterocycles. The highest BCUT2D eigenvalue weighted by Crippen LogP contribution is 2.32. The molecule has 11 heteroatoms. The first-order valence-corrected chi connectivity index (χ1v) is 16.9. The molecule has 0 spiro atoms. The largest absolute Gasteiger partial charge is 0.355 e. The SMILES string of the molecule is CCNC(=O)[C@@H](Cc1ccccc1)N(Cc1ccc(Cl)cc1Cl)C(=O)CN(c1cccc(Cl)c1C)S(=O)(=O)c1ccc(C)cc1. The molecule has 2 amide bonds. The highest BCUT2D eigenvalue weighted by molar-refractivity contribution is 7.92. The average molecular weight is 687 g/mol. The van der Waals surface area contributed by atoms with Gasteiger partial charge in [0.1, 0.15) is 12.6 Å². The standard InChI is InChI=1S/C34H34Cl3N3O4S/c1-4-38-34(42)32(19-25-9-6-5-7-10-25)39(21-26-15-16-27(35)20-30(26)37)33(41)22-40(31-12-8-11-29(36)24(31)3)45(43,44)28-17-13-23(2)14-18-28/h5-18,20,32H,4,19,21-22H2,1-3H3,(H,38,42)/t32-/m1/s1. The van der Waals surface area contributed by atoms with Gasteiger partial charge in [0.25, 0.3) is 10.0 Å². The summed E-state index contributed by atoms with van der Waals surface area (Å²) < 4.78 is 29.5. The summed E-state index contributed by atoms with van der Waals surface area (Å²) in [6.45, 7) is 5.00. The van der Waals surface area contributed by atoms with Crippen molar-refractivity contribution in [3.8, 4) is 0 Å². The fourth-order valence-electron chi connectivity index (χ4n) is 4.90. The van der Waals surface area contributed by atoms with Crippen LogP contribution < -0.4 is 9.62 Å². The number of hydrogen-bond donors (Lipinski definition) is 1. The molecular weight excluding hydrogens is 653 g/mol. The number of amides is 2. The molecule has 4 rings (SSSR count). The van der Waals surface area contributed by atoms with Gasteiger partial charge in [0, 0.05) is 34.6 Å². The van der Waals surface area contributed by atoms with Crippen molar-refractivity contribution in [1.82, 2.24) is 10.2 Å². The summed E-state index contributed by atoms with van der Waals surface area (Å²) in [5.41, 5.74) is 2.98. The fraction of sp³-hybridized carbons (Fsp3) is 0.235. The molecule has 0 saturated heterocycles. The Morgan fingerprint density at radius 2 is 1.53 bits per heavy atom. The Hall–Kier alpha value is -3.56. The monoisotopic (exact) mass is 685 g/mol. The van der Waals surface area contributed by atoms with E-state index < -0.39 is 28.5 Å². The van der Waals surface area contributed by atoms with E-state index in [-0.39, 0.29) is 29.5 Å². The van der Waals surface area contributed by atoms with Gasteiger partial charge in [0.15, 0.2) is 0 Å². The van der Waals surface area contributed by atoms with E-state index in [1.807, 2.05) is 37.3 Å². The lowest BCUT2D eigenvalue weighted by Gasteiger charge is -2.34. The van der Waals surface area contributed by atoms with E-state index in [1.165, 1.54) is 17.0 Å². The van der Waals surface area contributed by atoms with Gasteiger partial charge in [-0.05, 0) is 73.9 Å². The van der Waals surface area contributed by atoms with Gasteiger partial charge in [0.2, 0.25) is 11.8 Å². The lowest BCUT2D eigenvalue weighted by molar-refractivity contribution is -0.140. The molecule has 1 atom stereocenters. The molecule has 0 fully saturated rings. The maximum atomic E-state index is 14.5. The molecule has 0 aromatic heterocycles. The smallest absolute Gasteiger partial charge is 0.264 e. The summed E-state index contributed by atoms with van der Waals surface area (Å²) in [5.74, 6) is -0.991. The van der Waals surface area contributed by atoms with Crippen LogP contribution in [0, 0.1) is 13.8 Å². The number of nitrogens with one attached hydrogen (secondary N) is 1. The number of rotatable bonds is 12. The van der Waals surface area contributed by atoms with Crippen LogP contribution in [0.1, 0.15) is 29.2 Å². The second-order valence-corrected chi connectivity index (χ2v) is 13.7. The highest BCUT2D eigenvalue weighted by atomic mass is 35.5. The highest BCUT2D eigenvalue weighted by Gasteiger charge is 2.35. The summed E-state index contributed by atoms with van der Waals surface area (Å²) >= 11 is 19.1. The predicted molar refractivity (Wildman–Crippen MR) is 182 cm³/mol. The Morgan fingerprint density at radius 3 is 2.18 bits per heavy atom. The molecule has 4 aromatic rings. The van der Waals surface area contributed by atoms with Gasteiger partial charge in [0.05, 0.1) is 10.6 Å². The van der Waals surface area contributed by atoms with Gasteiger partial charge >= 0.3 is 0 Å². The Balaban J connectivity index is 1.85. The first kappa shape index (κ1) is 34.3.